The number of benzene rings is 1. The molecule has 19 heavy (non-hydrogen) atoms. The maximum atomic E-state index is 6.02. The normalized spacial score (nSPS) is 10.9. The number of rotatable bonds is 4. The Hall–Kier alpha value is -0.650. The summed E-state index contributed by atoms with van der Waals surface area (Å²) in [5, 5.41) is 5.08. The Morgan fingerprint density at radius 1 is 1.47 bits per heavy atom. The zero-order valence-corrected chi connectivity index (χ0v) is 13.9. The molecule has 0 radical (unpaired) electrons. The predicted octanol–water partition coefficient (Wildman–Crippen LogP) is 4.50. The molecular weight excluding hydrogens is 346 g/mol. The Balaban J connectivity index is 2.16. The summed E-state index contributed by atoms with van der Waals surface area (Å²) in [6.45, 7) is 4.96. The quantitative estimate of drug-likeness (QED) is 0.645. The van der Waals surface area contributed by atoms with Gasteiger partial charge in [0.15, 0.2) is 0 Å². The molecule has 0 saturated heterocycles. The van der Waals surface area contributed by atoms with E-state index in [1.807, 2.05) is 29.8 Å². The van der Waals surface area contributed by atoms with Crippen molar-refractivity contribution < 1.29 is 0 Å². The third-order valence-electron chi connectivity index (χ3n) is 2.80. The molecule has 1 aromatic carbocycles. The molecule has 1 aromatic heterocycles. The molecule has 3 nitrogen and oxygen atoms in total. The second-order valence-electron chi connectivity index (χ2n) is 4.13. The monoisotopic (exact) mass is 359 g/mol. The lowest BCUT2D eigenvalue weighted by Crippen LogP contribution is -2.01. The van der Waals surface area contributed by atoms with E-state index in [2.05, 4.69) is 28.0 Å². The summed E-state index contributed by atoms with van der Waals surface area (Å²) in [4.78, 5) is 1.10. The Bertz CT molecular complexity index is 598. The second-order valence-corrected chi connectivity index (χ2v) is 6.38. The molecule has 0 fully saturated rings. The fourth-order valence-electron chi connectivity index (χ4n) is 1.76. The number of aryl methyl sites for hydroxylation is 2. The molecule has 0 saturated carbocycles. The average molecular weight is 361 g/mol. The zero-order valence-electron chi connectivity index (χ0n) is 10.8. The standard InChI is InChI=1S/C13H15BrClN3S/c1-3-18-12(13(14)8(2)17-18)7-19-9-4-5-11(16)10(15)6-9/h4-6H,3,7,16H2,1-2H3. The van der Waals surface area contributed by atoms with Gasteiger partial charge in [-0.3, -0.25) is 4.68 Å². The molecule has 102 valence electrons. The van der Waals surface area contributed by atoms with Gasteiger partial charge in [0.2, 0.25) is 0 Å². The van der Waals surface area contributed by atoms with Crippen molar-refractivity contribution in [2.24, 2.45) is 0 Å². The van der Waals surface area contributed by atoms with Crippen LogP contribution in [0, 0.1) is 6.92 Å². The first-order chi connectivity index (χ1) is 9.02. The predicted molar refractivity (Wildman–Crippen MR) is 85.8 cm³/mol. The molecule has 0 aliphatic heterocycles. The van der Waals surface area contributed by atoms with Crippen molar-refractivity contribution in [3.05, 3.63) is 39.1 Å². The van der Waals surface area contributed by atoms with Crippen LogP contribution in [0.1, 0.15) is 18.3 Å². The van der Waals surface area contributed by atoms with Crippen LogP contribution >= 0.6 is 39.3 Å². The number of anilines is 1. The highest BCUT2D eigenvalue weighted by Crippen LogP contribution is 2.31. The smallest absolute Gasteiger partial charge is 0.0739 e. The minimum atomic E-state index is 0.601. The summed E-state index contributed by atoms with van der Waals surface area (Å²) < 4.78 is 3.11. The van der Waals surface area contributed by atoms with Crippen molar-refractivity contribution in [2.75, 3.05) is 5.73 Å². The summed E-state index contributed by atoms with van der Waals surface area (Å²) in [6, 6.07) is 5.72. The second kappa shape index (κ2) is 6.20. The van der Waals surface area contributed by atoms with Gasteiger partial charge in [-0.15, -0.1) is 11.8 Å². The fraction of sp³-hybridized carbons (Fsp3) is 0.308. The largest absolute Gasteiger partial charge is 0.398 e. The maximum Gasteiger partial charge on any atom is 0.0739 e. The van der Waals surface area contributed by atoms with E-state index in [0.29, 0.717) is 10.7 Å². The van der Waals surface area contributed by atoms with E-state index in [1.165, 1.54) is 5.69 Å². The molecule has 2 aromatic rings. The molecule has 0 atom stereocenters. The zero-order chi connectivity index (χ0) is 14.0. The van der Waals surface area contributed by atoms with Crippen molar-refractivity contribution in [3.8, 4) is 0 Å². The Kier molecular flexibility index (Phi) is 4.81. The summed E-state index contributed by atoms with van der Waals surface area (Å²) in [6.07, 6.45) is 0. The van der Waals surface area contributed by atoms with E-state index < -0.39 is 0 Å². The molecule has 0 spiro atoms. The number of nitrogens with two attached hydrogens (primary N) is 1. The van der Waals surface area contributed by atoms with Gasteiger partial charge in [0.1, 0.15) is 0 Å². The van der Waals surface area contributed by atoms with Crippen LogP contribution in [0.25, 0.3) is 0 Å². The Morgan fingerprint density at radius 2 is 2.21 bits per heavy atom. The summed E-state index contributed by atoms with van der Waals surface area (Å²) in [5.41, 5.74) is 8.53. The van der Waals surface area contributed by atoms with Gasteiger partial charge in [-0.05, 0) is 48.0 Å². The Morgan fingerprint density at radius 3 is 2.84 bits per heavy atom. The van der Waals surface area contributed by atoms with Crippen LogP contribution in [0.5, 0.6) is 0 Å². The van der Waals surface area contributed by atoms with Gasteiger partial charge in [0.05, 0.1) is 26.6 Å². The number of aromatic nitrogens is 2. The van der Waals surface area contributed by atoms with E-state index in [9.17, 15) is 0 Å². The first kappa shape index (κ1) is 14.8. The van der Waals surface area contributed by atoms with E-state index in [0.717, 1.165) is 27.4 Å². The van der Waals surface area contributed by atoms with Crippen LogP contribution in [-0.2, 0) is 12.3 Å². The number of nitrogen functional groups attached to an aromatic ring is 1. The fourth-order valence-corrected chi connectivity index (χ4v) is 3.57. The molecule has 0 bridgehead atoms. The number of nitrogens with zero attached hydrogens (tertiary/aromatic N) is 2. The van der Waals surface area contributed by atoms with E-state index in [-0.39, 0.29) is 0 Å². The molecule has 0 unspecified atom stereocenters. The van der Waals surface area contributed by atoms with Crippen LogP contribution in [0.3, 0.4) is 0 Å². The van der Waals surface area contributed by atoms with Gasteiger partial charge in [-0.2, -0.15) is 5.10 Å². The highest BCUT2D eigenvalue weighted by Gasteiger charge is 2.12. The van der Waals surface area contributed by atoms with Crippen LogP contribution < -0.4 is 5.73 Å². The Labute approximate surface area is 130 Å². The third kappa shape index (κ3) is 3.27. The molecule has 0 amide bonds. The van der Waals surface area contributed by atoms with Crippen molar-refractivity contribution in [3.63, 3.8) is 0 Å². The number of thioether (sulfide) groups is 1. The van der Waals surface area contributed by atoms with Crippen LogP contribution in [-0.4, -0.2) is 9.78 Å². The number of hydrogen-bond acceptors (Lipinski definition) is 3. The first-order valence-corrected chi connectivity index (χ1v) is 8.08. The molecule has 0 aliphatic carbocycles. The van der Waals surface area contributed by atoms with E-state index >= 15 is 0 Å². The minimum Gasteiger partial charge on any atom is -0.398 e. The van der Waals surface area contributed by atoms with Crippen LogP contribution in [0.4, 0.5) is 5.69 Å². The lowest BCUT2D eigenvalue weighted by Gasteiger charge is -2.06. The van der Waals surface area contributed by atoms with Gasteiger partial charge in [-0.25, -0.2) is 0 Å². The van der Waals surface area contributed by atoms with Crippen molar-refractivity contribution in [1.82, 2.24) is 9.78 Å². The van der Waals surface area contributed by atoms with Gasteiger partial charge in [0.25, 0.3) is 0 Å². The topological polar surface area (TPSA) is 43.8 Å². The van der Waals surface area contributed by atoms with Gasteiger partial charge in [-0.1, -0.05) is 11.6 Å². The lowest BCUT2D eigenvalue weighted by atomic mass is 10.3. The molecule has 2 rings (SSSR count). The van der Waals surface area contributed by atoms with Crippen molar-refractivity contribution >= 4 is 45.0 Å². The van der Waals surface area contributed by atoms with E-state index in [4.69, 9.17) is 17.3 Å². The van der Waals surface area contributed by atoms with Crippen LogP contribution in [0.2, 0.25) is 5.02 Å². The van der Waals surface area contributed by atoms with Gasteiger partial charge in [0, 0.05) is 17.2 Å². The van der Waals surface area contributed by atoms with Gasteiger partial charge < -0.3 is 5.73 Å². The lowest BCUT2D eigenvalue weighted by molar-refractivity contribution is 0.631. The first-order valence-electron chi connectivity index (χ1n) is 5.92. The number of halogens is 2. The summed E-state index contributed by atoms with van der Waals surface area (Å²) in [5.74, 6) is 0.843. The summed E-state index contributed by atoms with van der Waals surface area (Å²) in [7, 11) is 0. The van der Waals surface area contributed by atoms with Crippen molar-refractivity contribution in [1.29, 1.82) is 0 Å². The van der Waals surface area contributed by atoms with Crippen LogP contribution in [0.15, 0.2) is 27.6 Å². The highest BCUT2D eigenvalue weighted by molar-refractivity contribution is 9.10. The van der Waals surface area contributed by atoms with E-state index in [1.54, 1.807) is 11.8 Å². The van der Waals surface area contributed by atoms with Gasteiger partial charge >= 0.3 is 0 Å². The molecular formula is C13H15BrClN3S. The highest BCUT2D eigenvalue weighted by atomic mass is 79.9. The third-order valence-corrected chi connectivity index (χ3v) is 5.16. The van der Waals surface area contributed by atoms with Crippen molar-refractivity contribution in [2.45, 2.75) is 31.0 Å². The molecule has 1 heterocycles. The minimum absolute atomic E-state index is 0.601. The maximum absolute atomic E-state index is 6.02. The average Bonchev–Trinajstić information content (AvgIpc) is 2.67. The molecule has 6 heteroatoms. The SMILES string of the molecule is CCn1nc(C)c(Br)c1CSc1ccc(N)c(Cl)c1. The molecule has 0 aliphatic rings. The summed E-state index contributed by atoms with van der Waals surface area (Å²) >= 11 is 11.3. The number of hydrogen-bond donors (Lipinski definition) is 1. The molecule has 2 N–H and O–H groups in total.